The number of carbonyl (C=O) groups excluding carboxylic acids is 2. The molecule has 3 unspecified atom stereocenters. The molecular weight excluding hydrogens is 220 g/mol. The number of carbonyl (C=O) groups is 2. The van der Waals surface area contributed by atoms with Crippen molar-refractivity contribution in [1.29, 1.82) is 0 Å². The molecule has 0 spiro atoms. The van der Waals surface area contributed by atoms with E-state index in [0.717, 1.165) is 12.8 Å². The first kappa shape index (κ1) is 12.1. The van der Waals surface area contributed by atoms with Crippen LogP contribution in [0.25, 0.3) is 0 Å². The van der Waals surface area contributed by atoms with E-state index in [2.05, 4.69) is 6.58 Å². The number of esters is 2. The van der Waals surface area contributed by atoms with Crippen LogP contribution in [0, 0.1) is 5.92 Å². The first-order valence-corrected chi connectivity index (χ1v) is 5.89. The van der Waals surface area contributed by atoms with Crippen LogP contribution in [0.2, 0.25) is 0 Å². The molecule has 0 aromatic carbocycles. The van der Waals surface area contributed by atoms with Gasteiger partial charge in [0, 0.05) is 12.0 Å². The Morgan fingerprint density at radius 1 is 1.53 bits per heavy atom. The molecule has 2 bridgehead atoms. The maximum atomic E-state index is 11.7. The van der Waals surface area contributed by atoms with Gasteiger partial charge in [0.15, 0.2) is 0 Å². The highest BCUT2D eigenvalue weighted by atomic mass is 16.6. The maximum Gasteiger partial charge on any atom is 0.333 e. The molecule has 3 fully saturated rings. The van der Waals surface area contributed by atoms with Crippen molar-refractivity contribution in [1.82, 2.24) is 0 Å². The third kappa shape index (κ3) is 1.75. The minimum atomic E-state index is -0.736. The lowest BCUT2D eigenvalue weighted by atomic mass is 9.66. The van der Waals surface area contributed by atoms with Crippen LogP contribution >= 0.6 is 0 Å². The SMILES string of the molecule is C=C(C)C(=O)OC1(C)CC2CCC1(C)OC2=O. The Morgan fingerprint density at radius 3 is 2.65 bits per heavy atom. The standard InChI is InChI=1S/C13H18O4/c1-8(2)10(14)16-13(4)7-9-5-6-12(13,3)17-11(9)15/h9H,1,5-7H2,2-4H3. The van der Waals surface area contributed by atoms with Gasteiger partial charge >= 0.3 is 11.9 Å². The molecule has 3 aliphatic rings. The van der Waals surface area contributed by atoms with E-state index in [1.54, 1.807) is 6.92 Å². The highest BCUT2D eigenvalue weighted by Gasteiger charge is 2.60. The lowest BCUT2D eigenvalue weighted by Gasteiger charge is -2.54. The summed E-state index contributed by atoms with van der Waals surface area (Å²) in [6.45, 7) is 8.86. The molecule has 2 aliphatic heterocycles. The zero-order valence-electron chi connectivity index (χ0n) is 10.5. The minimum absolute atomic E-state index is 0.139. The van der Waals surface area contributed by atoms with Crippen LogP contribution in [0.3, 0.4) is 0 Å². The zero-order chi connectivity index (χ0) is 12.8. The van der Waals surface area contributed by atoms with Gasteiger partial charge in [-0.1, -0.05) is 6.58 Å². The van der Waals surface area contributed by atoms with Crippen LogP contribution in [-0.4, -0.2) is 23.1 Å². The molecule has 2 heterocycles. The van der Waals surface area contributed by atoms with Gasteiger partial charge in [0.1, 0.15) is 11.2 Å². The molecule has 94 valence electrons. The summed E-state index contributed by atoms with van der Waals surface area (Å²) in [6.07, 6.45) is 2.10. The van der Waals surface area contributed by atoms with Gasteiger partial charge in [0.05, 0.1) is 5.92 Å². The van der Waals surface area contributed by atoms with E-state index in [1.165, 1.54) is 0 Å². The number of hydrogen-bond acceptors (Lipinski definition) is 4. The Bertz CT molecular complexity index is 400. The second-order valence-corrected chi connectivity index (χ2v) is 5.49. The summed E-state index contributed by atoms with van der Waals surface area (Å²) in [5.41, 5.74) is -1.08. The van der Waals surface area contributed by atoms with Crippen LogP contribution in [0.4, 0.5) is 0 Å². The molecule has 0 aromatic rings. The van der Waals surface area contributed by atoms with Crippen LogP contribution in [0.5, 0.6) is 0 Å². The lowest BCUT2D eigenvalue weighted by Crippen LogP contribution is -2.64. The fourth-order valence-corrected chi connectivity index (χ4v) is 2.61. The number of fused-ring (bicyclic) bond motifs is 3. The molecule has 4 heteroatoms. The van der Waals surface area contributed by atoms with Crippen molar-refractivity contribution in [3.8, 4) is 0 Å². The molecule has 4 nitrogen and oxygen atoms in total. The molecular formula is C13H18O4. The first-order chi connectivity index (χ1) is 7.77. The summed E-state index contributed by atoms with van der Waals surface area (Å²) in [6, 6.07) is 0. The van der Waals surface area contributed by atoms with Crippen LogP contribution in [-0.2, 0) is 19.1 Å². The second-order valence-electron chi connectivity index (χ2n) is 5.49. The average Bonchev–Trinajstić information content (AvgIpc) is 2.20. The first-order valence-electron chi connectivity index (χ1n) is 5.89. The average molecular weight is 238 g/mol. The van der Waals surface area contributed by atoms with Crippen molar-refractivity contribution < 1.29 is 19.1 Å². The highest BCUT2D eigenvalue weighted by molar-refractivity contribution is 5.87. The largest absolute Gasteiger partial charge is 0.455 e. The summed E-state index contributed by atoms with van der Waals surface area (Å²) < 4.78 is 10.9. The van der Waals surface area contributed by atoms with E-state index in [0.29, 0.717) is 12.0 Å². The Morgan fingerprint density at radius 2 is 2.18 bits per heavy atom. The fraction of sp³-hybridized carbons (Fsp3) is 0.692. The number of rotatable bonds is 2. The summed E-state index contributed by atoms with van der Waals surface area (Å²) in [5, 5.41) is 0. The third-order valence-electron chi connectivity index (χ3n) is 4.05. The highest BCUT2D eigenvalue weighted by Crippen LogP contribution is 2.50. The van der Waals surface area contributed by atoms with E-state index in [-0.39, 0.29) is 11.9 Å². The predicted molar refractivity (Wildman–Crippen MR) is 61.1 cm³/mol. The van der Waals surface area contributed by atoms with Crippen molar-refractivity contribution in [2.24, 2.45) is 5.92 Å². The Hall–Kier alpha value is -1.32. The fourth-order valence-electron chi connectivity index (χ4n) is 2.61. The van der Waals surface area contributed by atoms with Crippen molar-refractivity contribution in [3.63, 3.8) is 0 Å². The van der Waals surface area contributed by atoms with Gasteiger partial charge < -0.3 is 9.47 Å². The van der Waals surface area contributed by atoms with Gasteiger partial charge in [-0.2, -0.15) is 0 Å². The molecule has 0 aromatic heterocycles. The normalized spacial score (nSPS) is 39.7. The van der Waals surface area contributed by atoms with Crippen LogP contribution in [0.1, 0.15) is 40.0 Å². The number of hydrogen-bond donors (Lipinski definition) is 0. The van der Waals surface area contributed by atoms with E-state index in [9.17, 15) is 9.59 Å². The van der Waals surface area contributed by atoms with Gasteiger partial charge in [-0.15, -0.1) is 0 Å². The topological polar surface area (TPSA) is 52.6 Å². The molecule has 0 amide bonds. The summed E-state index contributed by atoms with van der Waals surface area (Å²) in [4.78, 5) is 23.2. The summed E-state index contributed by atoms with van der Waals surface area (Å²) >= 11 is 0. The molecule has 3 rings (SSSR count). The zero-order valence-corrected chi connectivity index (χ0v) is 10.5. The Labute approximate surface area is 101 Å². The van der Waals surface area contributed by atoms with Crippen molar-refractivity contribution in [2.45, 2.75) is 51.2 Å². The van der Waals surface area contributed by atoms with Crippen LogP contribution in [0.15, 0.2) is 12.2 Å². The van der Waals surface area contributed by atoms with Crippen molar-refractivity contribution in [3.05, 3.63) is 12.2 Å². The minimum Gasteiger partial charge on any atom is -0.455 e. The quantitative estimate of drug-likeness (QED) is 0.545. The monoisotopic (exact) mass is 238 g/mol. The third-order valence-corrected chi connectivity index (χ3v) is 4.05. The smallest absolute Gasteiger partial charge is 0.333 e. The van der Waals surface area contributed by atoms with Gasteiger partial charge in [-0.05, 0) is 33.6 Å². The van der Waals surface area contributed by atoms with Gasteiger partial charge in [0.25, 0.3) is 0 Å². The molecule has 0 N–H and O–H groups in total. The summed E-state index contributed by atoms with van der Waals surface area (Å²) in [7, 11) is 0. The van der Waals surface area contributed by atoms with Crippen molar-refractivity contribution >= 4 is 11.9 Å². The maximum absolute atomic E-state index is 11.7. The molecule has 3 atom stereocenters. The van der Waals surface area contributed by atoms with Gasteiger partial charge in [-0.3, -0.25) is 4.79 Å². The van der Waals surface area contributed by atoms with E-state index < -0.39 is 17.2 Å². The van der Waals surface area contributed by atoms with Crippen LogP contribution < -0.4 is 0 Å². The number of ether oxygens (including phenoxy) is 2. The van der Waals surface area contributed by atoms with E-state index in [1.807, 2.05) is 13.8 Å². The summed E-state index contributed by atoms with van der Waals surface area (Å²) in [5.74, 6) is -0.723. The molecule has 1 aliphatic carbocycles. The van der Waals surface area contributed by atoms with E-state index in [4.69, 9.17) is 9.47 Å². The van der Waals surface area contributed by atoms with Gasteiger partial charge in [-0.25, -0.2) is 4.79 Å². The molecule has 17 heavy (non-hydrogen) atoms. The second kappa shape index (κ2) is 3.59. The Balaban J connectivity index is 2.24. The molecule has 0 radical (unpaired) electrons. The predicted octanol–water partition coefficient (Wildman–Crippen LogP) is 1.98. The Kier molecular flexibility index (Phi) is 2.56. The van der Waals surface area contributed by atoms with Gasteiger partial charge in [0.2, 0.25) is 0 Å². The van der Waals surface area contributed by atoms with Crippen molar-refractivity contribution in [2.75, 3.05) is 0 Å². The molecule has 2 saturated heterocycles. The van der Waals surface area contributed by atoms with E-state index >= 15 is 0 Å². The lowest BCUT2D eigenvalue weighted by molar-refractivity contribution is -0.245. The molecule has 1 saturated carbocycles.